The highest BCUT2D eigenvalue weighted by molar-refractivity contribution is 6.04. The van der Waals surface area contributed by atoms with Gasteiger partial charge in [-0.2, -0.15) is 4.57 Å². The van der Waals surface area contributed by atoms with E-state index in [-0.39, 0.29) is 0 Å². The molecule has 0 amide bonds. The van der Waals surface area contributed by atoms with Gasteiger partial charge in [-0.1, -0.05) is 62.1 Å². The van der Waals surface area contributed by atoms with Crippen molar-refractivity contribution in [3.8, 4) is 22.8 Å². The zero-order valence-electron chi connectivity index (χ0n) is 18.1. The van der Waals surface area contributed by atoms with Crippen molar-refractivity contribution < 1.29 is 10.7 Å². The van der Waals surface area contributed by atoms with E-state index in [1.165, 1.54) is 47.8 Å². The summed E-state index contributed by atoms with van der Waals surface area (Å²) in [4.78, 5) is 0. The number of benzene rings is 3. The van der Waals surface area contributed by atoms with Gasteiger partial charge >= 0.3 is 0 Å². The average molecular weight is 382 g/mol. The summed E-state index contributed by atoms with van der Waals surface area (Å²) in [7, 11) is 2.12. The molecule has 144 valence electrons. The summed E-state index contributed by atoms with van der Waals surface area (Å²) in [5, 5.41) is 3.39. The number of pyridine rings is 1. The molecule has 1 aliphatic heterocycles. The first kappa shape index (κ1) is 16.0. The normalized spacial score (nSPS) is 16.1. The summed E-state index contributed by atoms with van der Waals surface area (Å²) in [6, 6.07) is 17.6. The molecule has 0 N–H and O–H groups in total. The number of ether oxygens (including phenoxy) is 1. The molecule has 2 heteroatoms. The molecule has 2 aliphatic rings. The summed E-state index contributed by atoms with van der Waals surface area (Å²) >= 11 is 0. The van der Waals surface area contributed by atoms with Gasteiger partial charge in [-0.25, -0.2) is 0 Å². The molecule has 2 nitrogen and oxygen atoms in total. The zero-order chi connectivity index (χ0) is 20.4. The van der Waals surface area contributed by atoms with Crippen LogP contribution in [0.3, 0.4) is 0 Å². The fourth-order valence-electron chi connectivity index (χ4n) is 5.46. The van der Waals surface area contributed by atoms with Crippen molar-refractivity contribution in [2.45, 2.75) is 39.0 Å². The zero-order valence-corrected chi connectivity index (χ0v) is 17.1. The fraction of sp³-hybridized carbons (Fsp3) is 0.296. The van der Waals surface area contributed by atoms with E-state index in [1.807, 2.05) is 12.1 Å². The topological polar surface area (TPSA) is 13.1 Å². The molecule has 0 atom stereocenters. The van der Waals surface area contributed by atoms with E-state index >= 15 is 0 Å². The number of nitrogens with zero attached hydrogens (tertiary/aromatic N) is 1. The summed E-state index contributed by atoms with van der Waals surface area (Å²) in [5.74, 6) is 2.30. The van der Waals surface area contributed by atoms with Crippen molar-refractivity contribution in [2.75, 3.05) is 0 Å². The molecule has 0 bridgehead atoms. The fourth-order valence-corrected chi connectivity index (χ4v) is 5.46. The van der Waals surface area contributed by atoms with Crippen LogP contribution in [-0.4, -0.2) is 0 Å². The predicted molar refractivity (Wildman–Crippen MR) is 119 cm³/mol. The van der Waals surface area contributed by atoms with Gasteiger partial charge in [0.05, 0.1) is 12.3 Å². The Hall–Kier alpha value is -2.87. The Morgan fingerprint density at radius 1 is 1.03 bits per heavy atom. The van der Waals surface area contributed by atoms with Gasteiger partial charge in [0.25, 0.3) is 5.69 Å². The van der Waals surface area contributed by atoms with Crippen LogP contribution in [-0.2, 0) is 13.5 Å². The minimum atomic E-state index is 0.526. The van der Waals surface area contributed by atoms with Gasteiger partial charge in [0.2, 0.25) is 5.52 Å². The molecule has 0 spiro atoms. The molecule has 2 heterocycles. The molecule has 29 heavy (non-hydrogen) atoms. The Bertz CT molecular complexity index is 1330. The molecule has 6 rings (SSSR count). The molecule has 1 aromatic heterocycles. The van der Waals surface area contributed by atoms with Gasteiger partial charge in [0.15, 0.2) is 5.75 Å². The Morgan fingerprint density at radius 3 is 2.72 bits per heavy atom. The van der Waals surface area contributed by atoms with Gasteiger partial charge in [0.1, 0.15) is 12.8 Å². The van der Waals surface area contributed by atoms with Crippen molar-refractivity contribution in [3.05, 3.63) is 65.7 Å². The standard InChI is InChI=1S/C27H26NO/c1-17-13-14-19-9-6-12-23-26(19)25(17)27-24(29-23)16-21-20(15-18-7-3-4-8-18)10-5-11-22(21)28(27)2/h5-6,9-14,16,18H,3-4,7-8,15H2,1-2H3/q+1/i16D. The van der Waals surface area contributed by atoms with E-state index in [0.717, 1.165) is 40.1 Å². The molecule has 3 aromatic carbocycles. The second-order valence-corrected chi connectivity index (χ2v) is 8.74. The first-order valence-electron chi connectivity index (χ1n) is 11.3. The van der Waals surface area contributed by atoms with Crippen LogP contribution < -0.4 is 9.30 Å². The highest BCUT2D eigenvalue weighted by Gasteiger charge is 2.31. The lowest BCUT2D eigenvalue weighted by Crippen LogP contribution is -2.33. The van der Waals surface area contributed by atoms with Crippen LogP contribution >= 0.6 is 0 Å². The molecule has 4 aromatic rings. The maximum atomic E-state index is 9.19. The smallest absolute Gasteiger partial charge is 0.256 e. The summed E-state index contributed by atoms with van der Waals surface area (Å²) in [6.45, 7) is 2.16. The Morgan fingerprint density at radius 2 is 1.86 bits per heavy atom. The second-order valence-electron chi connectivity index (χ2n) is 8.74. The van der Waals surface area contributed by atoms with Crippen LogP contribution in [0.5, 0.6) is 11.5 Å². The monoisotopic (exact) mass is 381 g/mol. The number of fused-ring (bicyclic) bond motifs is 3. The average Bonchev–Trinajstić information content (AvgIpc) is 3.27. The van der Waals surface area contributed by atoms with Crippen LogP contribution in [0.2, 0.25) is 0 Å². The highest BCUT2D eigenvalue weighted by Crippen LogP contribution is 2.47. The molecular weight excluding hydrogens is 354 g/mol. The lowest BCUT2D eigenvalue weighted by molar-refractivity contribution is -0.633. The largest absolute Gasteiger partial charge is 0.450 e. The molecular formula is C27H26NO+. The van der Waals surface area contributed by atoms with E-state index in [4.69, 9.17) is 4.74 Å². The van der Waals surface area contributed by atoms with Crippen LogP contribution in [0.25, 0.3) is 32.9 Å². The van der Waals surface area contributed by atoms with Crippen molar-refractivity contribution >= 4 is 21.7 Å². The van der Waals surface area contributed by atoms with Crippen LogP contribution in [0.1, 0.15) is 38.2 Å². The first-order valence-corrected chi connectivity index (χ1v) is 10.8. The third-order valence-electron chi connectivity index (χ3n) is 6.93. The summed E-state index contributed by atoms with van der Waals surface area (Å²) in [5.41, 5.74) is 5.85. The number of aromatic nitrogens is 1. The third-order valence-corrected chi connectivity index (χ3v) is 6.93. The Labute approximate surface area is 173 Å². The molecule has 1 aliphatic carbocycles. The minimum Gasteiger partial charge on any atom is -0.450 e. The van der Waals surface area contributed by atoms with Gasteiger partial charge < -0.3 is 4.74 Å². The molecule has 0 saturated heterocycles. The van der Waals surface area contributed by atoms with E-state index in [0.29, 0.717) is 11.8 Å². The Kier molecular flexibility index (Phi) is 3.48. The SMILES string of the molecule is [2H]c1c2c([n+](C)c3cccc(CC4CCCC4)c13)-c1c(C)ccc3cccc(c13)O2. The van der Waals surface area contributed by atoms with Crippen molar-refractivity contribution in [2.24, 2.45) is 13.0 Å². The number of rotatable bonds is 2. The van der Waals surface area contributed by atoms with Crippen LogP contribution in [0.15, 0.2) is 54.6 Å². The van der Waals surface area contributed by atoms with Crippen molar-refractivity contribution in [1.29, 1.82) is 0 Å². The maximum absolute atomic E-state index is 9.19. The highest BCUT2D eigenvalue weighted by atomic mass is 16.5. The lowest BCUT2D eigenvalue weighted by Gasteiger charge is -2.22. The molecule has 1 fully saturated rings. The van der Waals surface area contributed by atoms with E-state index in [9.17, 15) is 1.37 Å². The van der Waals surface area contributed by atoms with Crippen molar-refractivity contribution in [1.82, 2.24) is 0 Å². The van der Waals surface area contributed by atoms with Gasteiger partial charge in [0, 0.05) is 17.5 Å². The third kappa shape index (κ3) is 2.51. The molecule has 0 unspecified atom stereocenters. The molecule has 0 radical (unpaired) electrons. The number of hydrogen-bond acceptors (Lipinski definition) is 1. The van der Waals surface area contributed by atoms with Crippen molar-refractivity contribution in [3.63, 3.8) is 0 Å². The van der Waals surface area contributed by atoms with Gasteiger partial charge in [-0.05, 0) is 41.8 Å². The predicted octanol–water partition coefficient (Wildman–Crippen LogP) is 6.63. The van der Waals surface area contributed by atoms with Crippen LogP contribution in [0.4, 0.5) is 0 Å². The lowest BCUT2D eigenvalue weighted by atomic mass is 9.91. The second kappa shape index (κ2) is 6.32. The summed E-state index contributed by atoms with van der Waals surface area (Å²) in [6.07, 6.45) is 6.37. The van der Waals surface area contributed by atoms with Gasteiger partial charge in [-0.3, -0.25) is 0 Å². The molecule has 1 saturated carbocycles. The van der Waals surface area contributed by atoms with E-state index < -0.39 is 0 Å². The number of hydrogen-bond donors (Lipinski definition) is 0. The first-order chi connectivity index (χ1) is 14.6. The quantitative estimate of drug-likeness (QED) is 0.313. The summed E-state index contributed by atoms with van der Waals surface area (Å²) < 4.78 is 17.9. The van der Waals surface area contributed by atoms with Gasteiger partial charge in [-0.15, -0.1) is 0 Å². The van der Waals surface area contributed by atoms with E-state index in [1.54, 1.807) is 0 Å². The Balaban J connectivity index is 1.67. The van der Waals surface area contributed by atoms with Crippen LogP contribution in [0, 0.1) is 12.8 Å². The minimum absolute atomic E-state index is 0.526. The number of aryl methyl sites for hydroxylation is 2. The van der Waals surface area contributed by atoms with E-state index in [2.05, 4.69) is 54.9 Å². The maximum Gasteiger partial charge on any atom is 0.256 e.